The zero-order valence-electron chi connectivity index (χ0n) is 12.4. The fourth-order valence-electron chi connectivity index (χ4n) is 2.12. The first-order chi connectivity index (χ1) is 9.56. The Kier molecular flexibility index (Phi) is 4.65. The number of aryl methyl sites for hydroxylation is 2. The molecule has 2 rings (SSSR count). The Balaban J connectivity index is 2.23. The molecule has 0 amide bonds. The number of aromatic nitrogens is 4. The van der Waals surface area contributed by atoms with Gasteiger partial charge in [-0.05, 0) is 36.9 Å². The van der Waals surface area contributed by atoms with E-state index < -0.39 is 0 Å². The van der Waals surface area contributed by atoms with Gasteiger partial charge in [-0.2, -0.15) is 5.10 Å². The molecule has 0 aliphatic carbocycles. The molecule has 0 fully saturated rings. The van der Waals surface area contributed by atoms with Crippen molar-refractivity contribution in [3.05, 3.63) is 28.0 Å². The highest BCUT2D eigenvalue weighted by Crippen LogP contribution is 2.21. The van der Waals surface area contributed by atoms with Gasteiger partial charge in [0.15, 0.2) is 5.78 Å². The monoisotopic (exact) mass is 292 g/mol. The molecule has 5 nitrogen and oxygen atoms in total. The Bertz CT molecular complexity index is 600. The first-order valence-corrected chi connectivity index (χ1v) is 7.75. The lowest BCUT2D eigenvalue weighted by Gasteiger charge is -2.05. The highest BCUT2D eigenvalue weighted by Gasteiger charge is 2.20. The number of hydrogen-bond acceptors (Lipinski definition) is 5. The van der Waals surface area contributed by atoms with Crippen molar-refractivity contribution >= 4 is 17.3 Å². The largest absolute Gasteiger partial charge is 0.293 e. The molecular weight excluding hydrogens is 272 g/mol. The number of nitrogens with zero attached hydrogens (tertiary/aromatic N) is 4. The van der Waals surface area contributed by atoms with Gasteiger partial charge in [0.05, 0.1) is 17.8 Å². The van der Waals surface area contributed by atoms with E-state index in [4.69, 9.17) is 0 Å². The van der Waals surface area contributed by atoms with E-state index in [9.17, 15) is 4.79 Å². The molecule has 0 N–H and O–H groups in total. The summed E-state index contributed by atoms with van der Waals surface area (Å²) in [5.41, 5.74) is 2.80. The first-order valence-electron chi connectivity index (χ1n) is 6.97. The Hall–Kier alpha value is -1.56. The number of carbonyl (C=O) groups excluding carboxylic acids is 1. The van der Waals surface area contributed by atoms with Crippen LogP contribution in [0.3, 0.4) is 0 Å². The quantitative estimate of drug-likeness (QED) is 0.768. The van der Waals surface area contributed by atoms with E-state index in [1.54, 1.807) is 0 Å². The van der Waals surface area contributed by atoms with Crippen molar-refractivity contribution in [3.8, 4) is 0 Å². The van der Waals surface area contributed by atoms with Crippen LogP contribution in [0.2, 0.25) is 0 Å². The summed E-state index contributed by atoms with van der Waals surface area (Å²) in [4.78, 5) is 13.1. The summed E-state index contributed by atoms with van der Waals surface area (Å²) < 4.78 is 5.82. The van der Waals surface area contributed by atoms with E-state index >= 15 is 0 Å². The summed E-state index contributed by atoms with van der Waals surface area (Å²) in [7, 11) is 0. The number of Topliss-reactive ketones (excluding diaryl/α,β-unsaturated/α-hetero) is 1. The fourth-order valence-corrected chi connectivity index (χ4v) is 2.87. The second kappa shape index (κ2) is 6.26. The average Bonchev–Trinajstić information content (AvgIpc) is 3.04. The predicted molar refractivity (Wildman–Crippen MR) is 79.3 cm³/mol. The van der Waals surface area contributed by atoms with E-state index in [2.05, 4.69) is 21.6 Å². The summed E-state index contributed by atoms with van der Waals surface area (Å²) in [6.07, 6.45) is 1.25. The maximum atomic E-state index is 12.5. The number of hydrogen-bond donors (Lipinski definition) is 0. The Morgan fingerprint density at radius 3 is 2.75 bits per heavy atom. The molecule has 2 heterocycles. The molecule has 0 aliphatic heterocycles. The van der Waals surface area contributed by atoms with Gasteiger partial charge in [0.1, 0.15) is 4.88 Å². The minimum Gasteiger partial charge on any atom is -0.293 e. The van der Waals surface area contributed by atoms with Crippen LogP contribution in [-0.4, -0.2) is 25.2 Å². The fraction of sp³-hybridized carbons (Fsp3) is 0.571. The summed E-state index contributed by atoms with van der Waals surface area (Å²) in [6.45, 7) is 8.94. The third-order valence-electron chi connectivity index (χ3n) is 3.23. The van der Waals surface area contributed by atoms with Crippen molar-refractivity contribution < 1.29 is 4.79 Å². The van der Waals surface area contributed by atoms with Crippen molar-refractivity contribution in [2.45, 2.75) is 53.0 Å². The number of rotatable bonds is 6. The smallest absolute Gasteiger partial charge is 0.182 e. The molecule has 0 spiro atoms. The van der Waals surface area contributed by atoms with Gasteiger partial charge in [0.25, 0.3) is 0 Å². The third-order valence-corrected chi connectivity index (χ3v) is 4.01. The SMILES string of the molecule is CCc1cc(CC(=O)c2snnc2C(C)C)n(CC)n1. The molecule has 6 heteroatoms. The van der Waals surface area contributed by atoms with Crippen LogP contribution in [0.4, 0.5) is 0 Å². The Morgan fingerprint density at radius 1 is 1.40 bits per heavy atom. The molecule has 0 unspecified atom stereocenters. The van der Waals surface area contributed by atoms with Gasteiger partial charge in [-0.1, -0.05) is 25.3 Å². The Morgan fingerprint density at radius 2 is 2.15 bits per heavy atom. The van der Waals surface area contributed by atoms with Crippen LogP contribution in [0.5, 0.6) is 0 Å². The number of ketones is 1. The van der Waals surface area contributed by atoms with Gasteiger partial charge in [-0.15, -0.1) is 5.10 Å². The standard InChI is InChI=1S/C14H20N4OS/c1-5-10-7-11(18(6-2)16-10)8-12(19)14-13(9(3)4)15-17-20-14/h7,9H,5-6,8H2,1-4H3. The molecule has 20 heavy (non-hydrogen) atoms. The molecule has 2 aromatic rings. The topological polar surface area (TPSA) is 60.7 Å². The van der Waals surface area contributed by atoms with Crippen molar-refractivity contribution in [2.24, 2.45) is 0 Å². The maximum Gasteiger partial charge on any atom is 0.182 e. The van der Waals surface area contributed by atoms with E-state index in [1.165, 1.54) is 11.5 Å². The minimum absolute atomic E-state index is 0.0842. The third kappa shape index (κ3) is 2.95. The van der Waals surface area contributed by atoms with Crippen LogP contribution >= 0.6 is 11.5 Å². The first kappa shape index (κ1) is 14.8. The molecule has 0 saturated carbocycles. The van der Waals surface area contributed by atoms with Crippen molar-refractivity contribution in [1.82, 2.24) is 19.4 Å². The zero-order chi connectivity index (χ0) is 14.7. The van der Waals surface area contributed by atoms with Crippen LogP contribution < -0.4 is 0 Å². The van der Waals surface area contributed by atoms with Crippen molar-refractivity contribution in [3.63, 3.8) is 0 Å². The number of carbonyl (C=O) groups is 1. The van der Waals surface area contributed by atoms with Gasteiger partial charge >= 0.3 is 0 Å². The summed E-state index contributed by atoms with van der Waals surface area (Å²) in [5.74, 6) is 0.302. The van der Waals surface area contributed by atoms with Gasteiger partial charge in [-0.25, -0.2) is 0 Å². The molecule has 108 valence electrons. The van der Waals surface area contributed by atoms with Gasteiger partial charge in [0, 0.05) is 12.2 Å². The summed E-state index contributed by atoms with van der Waals surface area (Å²) in [5, 5.41) is 8.54. The van der Waals surface area contributed by atoms with E-state index in [0.29, 0.717) is 11.3 Å². The van der Waals surface area contributed by atoms with Crippen LogP contribution in [0.15, 0.2) is 6.07 Å². The molecule has 0 aliphatic rings. The lowest BCUT2D eigenvalue weighted by atomic mass is 10.1. The maximum absolute atomic E-state index is 12.5. The highest BCUT2D eigenvalue weighted by molar-refractivity contribution is 7.08. The van der Waals surface area contributed by atoms with Crippen LogP contribution in [0.25, 0.3) is 0 Å². The predicted octanol–water partition coefficient (Wildman–Crippen LogP) is 2.87. The van der Waals surface area contributed by atoms with Gasteiger partial charge < -0.3 is 0 Å². The van der Waals surface area contributed by atoms with Crippen LogP contribution in [0.1, 0.15) is 60.4 Å². The van der Waals surface area contributed by atoms with E-state index in [0.717, 1.165) is 30.0 Å². The molecule has 0 radical (unpaired) electrons. The van der Waals surface area contributed by atoms with Crippen molar-refractivity contribution in [2.75, 3.05) is 0 Å². The molecule has 0 saturated heterocycles. The second-order valence-electron chi connectivity index (χ2n) is 5.04. The zero-order valence-corrected chi connectivity index (χ0v) is 13.2. The van der Waals surface area contributed by atoms with Crippen LogP contribution in [-0.2, 0) is 19.4 Å². The lowest BCUT2D eigenvalue weighted by Crippen LogP contribution is -2.10. The van der Waals surface area contributed by atoms with Gasteiger partial charge in [-0.3, -0.25) is 9.48 Å². The van der Waals surface area contributed by atoms with E-state index in [-0.39, 0.29) is 11.7 Å². The average molecular weight is 292 g/mol. The summed E-state index contributed by atoms with van der Waals surface area (Å²) in [6, 6.07) is 2.02. The molecule has 0 bridgehead atoms. The Labute approximate surface area is 123 Å². The summed E-state index contributed by atoms with van der Waals surface area (Å²) >= 11 is 1.19. The molecular formula is C14H20N4OS. The minimum atomic E-state index is 0.0842. The molecule has 0 aromatic carbocycles. The lowest BCUT2D eigenvalue weighted by molar-refractivity contribution is 0.0993. The molecule has 0 atom stereocenters. The second-order valence-corrected chi connectivity index (χ2v) is 5.79. The normalized spacial score (nSPS) is 11.2. The molecule has 2 aromatic heterocycles. The highest BCUT2D eigenvalue weighted by atomic mass is 32.1. The van der Waals surface area contributed by atoms with E-state index in [1.807, 2.05) is 31.5 Å². The van der Waals surface area contributed by atoms with Crippen molar-refractivity contribution in [1.29, 1.82) is 0 Å². The van der Waals surface area contributed by atoms with Crippen LogP contribution in [0, 0.1) is 0 Å². The van der Waals surface area contributed by atoms with Gasteiger partial charge in [0.2, 0.25) is 0 Å².